The van der Waals surface area contributed by atoms with E-state index < -0.39 is 28.9 Å². The maximum absolute atomic E-state index is 14.2. The Balaban J connectivity index is 1.77. The van der Waals surface area contributed by atoms with Crippen LogP contribution in [0.25, 0.3) is 0 Å². The van der Waals surface area contributed by atoms with Crippen molar-refractivity contribution in [2.24, 2.45) is 0 Å². The second-order valence-corrected chi connectivity index (χ2v) is 6.33. The van der Waals surface area contributed by atoms with E-state index in [1.165, 1.54) is 31.2 Å². The minimum atomic E-state index is -2.90. The zero-order chi connectivity index (χ0) is 20.7. The van der Waals surface area contributed by atoms with Crippen LogP contribution in [0.1, 0.15) is 49.0 Å². The first-order valence-electron chi connectivity index (χ1n) is 8.99. The molecule has 0 aliphatic carbocycles. The average Bonchev–Trinajstić information content (AvgIpc) is 2.65. The van der Waals surface area contributed by atoms with E-state index in [-0.39, 0.29) is 24.3 Å². The van der Waals surface area contributed by atoms with Gasteiger partial charge in [-0.2, -0.15) is 0 Å². The minimum absolute atomic E-state index is 0.00842. The van der Waals surface area contributed by atoms with Gasteiger partial charge in [0.1, 0.15) is 11.6 Å². The molecule has 0 saturated carbocycles. The fourth-order valence-electron chi connectivity index (χ4n) is 2.50. The van der Waals surface area contributed by atoms with Crippen molar-refractivity contribution in [2.45, 2.75) is 39.0 Å². The normalized spacial score (nSPS) is 11.4. The summed E-state index contributed by atoms with van der Waals surface area (Å²) in [5.74, 6) is -5.11. The summed E-state index contributed by atoms with van der Waals surface area (Å²) in [5.41, 5.74) is -0.667. The smallest absolute Gasteiger partial charge is 0.270 e. The summed E-state index contributed by atoms with van der Waals surface area (Å²) in [6, 6.07) is 7.73. The molecule has 0 aliphatic heterocycles. The zero-order valence-electron chi connectivity index (χ0n) is 15.7. The van der Waals surface area contributed by atoms with Gasteiger partial charge in [0, 0.05) is 18.9 Å². The largest absolute Gasteiger partial charge is 0.494 e. The molecule has 0 spiro atoms. The molecule has 28 heavy (non-hydrogen) atoms. The first-order valence-corrected chi connectivity index (χ1v) is 8.99. The van der Waals surface area contributed by atoms with Gasteiger partial charge < -0.3 is 9.47 Å². The van der Waals surface area contributed by atoms with Crippen LogP contribution in [-0.4, -0.2) is 19.0 Å². The number of halogens is 4. The number of hydrogen-bond acceptors (Lipinski definition) is 3. The lowest BCUT2D eigenvalue weighted by Crippen LogP contribution is -2.09. The Bertz CT molecular complexity index is 799. The van der Waals surface area contributed by atoms with Crippen molar-refractivity contribution in [1.82, 2.24) is 0 Å². The Morgan fingerprint density at radius 2 is 1.57 bits per heavy atom. The predicted molar refractivity (Wildman–Crippen MR) is 97.2 cm³/mol. The molecule has 0 unspecified atom stereocenters. The lowest BCUT2D eigenvalue weighted by molar-refractivity contribution is 0.0174. The number of hydrogen-bond donors (Lipinski definition) is 0. The van der Waals surface area contributed by atoms with Crippen LogP contribution in [0, 0.1) is 11.6 Å². The average molecular weight is 398 g/mol. The molecule has 0 radical (unpaired) electrons. The first-order chi connectivity index (χ1) is 13.2. The minimum Gasteiger partial charge on any atom is -0.494 e. The van der Waals surface area contributed by atoms with E-state index >= 15 is 0 Å². The maximum atomic E-state index is 14.2. The topological polar surface area (TPSA) is 35.5 Å². The molecule has 0 aliphatic rings. The third-order valence-electron chi connectivity index (χ3n) is 4.08. The van der Waals surface area contributed by atoms with Crippen molar-refractivity contribution in [3.63, 3.8) is 0 Å². The summed E-state index contributed by atoms with van der Waals surface area (Å²) in [4.78, 5) is 11.6. The number of Topliss-reactive ketones (excluding diaryl/α,β-unsaturated/α-hetero) is 1. The number of ketones is 1. The molecule has 0 atom stereocenters. The van der Waals surface area contributed by atoms with Gasteiger partial charge in [0.2, 0.25) is 0 Å². The summed E-state index contributed by atoms with van der Waals surface area (Å²) in [6.45, 7) is 2.84. The predicted octanol–water partition coefficient (Wildman–Crippen LogP) is 5.91. The molecule has 2 aromatic rings. The Morgan fingerprint density at radius 3 is 2.14 bits per heavy atom. The standard InChI is InChI=1S/C21H22F4O3/c1-3-17(26)19-16(22)10-11-18(20(19)23)28-13-5-4-12-27-15-8-6-14(7-9-15)21(2,24)25/h6-11H,3-5,12-13H2,1-2H3. The Labute approximate surface area is 161 Å². The highest BCUT2D eigenvalue weighted by atomic mass is 19.3. The van der Waals surface area contributed by atoms with E-state index in [9.17, 15) is 22.4 Å². The van der Waals surface area contributed by atoms with Crippen LogP contribution >= 0.6 is 0 Å². The van der Waals surface area contributed by atoms with Crippen LogP contribution in [0.3, 0.4) is 0 Å². The molecule has 0 amide bonds. The van der Waals surface area contributed by atoms with Gasteiger partial charge in [0.05, 0.1) is 18.8 Å². The van der Waals surface area contributed by atoms with Gasteiger partial charge >= 0.3 is 0 Å². The summed E-state index contributed by atoms with van der Waals surface area (Å²) < 4.78 is 64.9. The highest BCUT2D eigenvalue weighted by Crippen LogP contribution is 2.28. The van der Waals surface area contributed by atoms with E-state index in [1.807, 2.05) is 0 Å². The lowest BCUT2D eigenvalue weighted by atomic mass is 10.1. The lowest BCUT2D eigenvalue weighted by Gasteiger charge is -2.12. The van der Waals surface area contributed by atoms with Crippen molar-refractivity contribution in [2.75, 3.05) is 13.2 Å². The summed E-state index contributed by atoms with van der Waals surface area (Å²) >= 11 is 0. The van der Waals surface area contributed by atoms with Gasteiger partial charge in [-0.3, -0.25) is 4.79 Å². The number of benzene rings is 2. The first kappa shape index (κ1) is 21.7. The van der Waals surface area contributed by atoms with E-state index in [0.29, 0.717) is 25.2 Å². The van der Waals surface area contributed by atoms with Gasteiger partial charge in [0.25, 0.3) is 5.92 Å². The fourth-order valence-corrected chi connectivity index (χ4v) is 2.50. The number of rotatable bonds is 10. The molecule has 0 heterocycles. The van der Waals surface area contributed by atoms with Gasteiger partial charge in [-0.25, -0.2) is 17.6 Å². The second-order valence-electron chi connectivity index (χ2n) is 6.33. The number of unbranched alkanes of at least 4 members (excludes halogenated alkanes) is 1. The molecule has 2 rings (SSSR count). The number of carbonyl (C=O) groups excluding carboxylic acids is 1. The monoisotopic (exact) mass is 398 g/mol. The Kier molecular flexibility index (Phi) is 7.43. The van der Waals surface area contributed by atoms with Crippen molar-refractivity contribution in [3.05, 3.63) is 59.2 Å². The molecule has 0 aromatic heterocycles. The summed E-state index contributed by atoms with van der Waals surface area (Å²) in [7, 11) is 0. The molecule has 7 heteroatoms. The zero-order valence-corrected chi connectivity index (χ0v) is 15.7. The highest BCUT2D eigenvalue weighted by Gasteiger charge is 2.23. The number of alkyl halides is 2. The van der Waals surface area contributed by atoms with E-state index in [0.717, 1.165) is 19.1 Å². The molecule has 0 bridgehead atoms. The molecule has 3 nitrogen and oxygen atoms in total. The fraction of sp³-hybridized carbons (Fsp3) is 0.381. The van der Waals surface area contributed by atoms with Crippen LogP contribution in [0.2, 0.25) is 0 Å². The molecule has 0 fully saturated rings. The Hall–Kier alpha value is -2.57. The number of ether oxygens (including phenoxy) is 2. The molecule has 0 saturated heterocycles. The highest BCUT2D eigenvalue weighted by molar-refractivity contribution is 5.96. The Morgan fingerprint density at radius 1 is 0.964 bits per heavy atom. The van der Waals surface area contributed by atoms with Crippen LogP contribution in [-0.2, 0) is 5.92 Å². The van der Waals surface area contributed by atoms with Gasteiger partial charge in [-0.1, -0.05) is 6.92 Å². The van der Waals surface area contributed by atoms with Crippen molar-refractivity contribution >= 4 is 5.78 Å². The number of carbonyl (C=O) groups is 1. The second kappa shape index (κ2) is 9.57. The molecular formula is C21H22F4O3. The van der Waals surface area contributed by atoms with E-state index in [4.69, 9.17) is 9.47 Å². The van der Waals surface area contributed by atoms with E-state index in [2.05, 4.69) is 0 Å². The van der Waals surface area contributed by atoms with Gasteiger partial charge in [-0.15, -0.1) is 0 Å². The molecule has 152 valence electrons. The SMILES string of the molecule is CCC(=O)c1c(F)ccc(OCCCCOc2ccc(C(C)(F)F)cc2)c1F. The van der Waals surface area contributed by atoms with Gasteiger partial charge in [-0.05, 0) is 49.2 Å². The quantitative estimate of drug-likeness (QED) is 0.284. The molecular weight excluding hydrogens is 376 g/mol. The molecule has 2 aromatic carbocycles. The van der Waals surface area contributed by atoms with Crippen molar-refractivity contribution < 1.29 is 31.8 Å². The van der Waals surface area contributed by atoms with E-state index in [1.54, 1.807) is 0 Å². The van der Waals surface area contributed by atoms with Gasteiger partial charge in [0.15, 0.2) is 17.3 Å². The van der Waals surface area contributed by atoms with Crippen LogP contribution in [0.5, 0.6) is 11.5 Å². The van der Waals surface area contributed by atoms with Crippen LogP contribution < -0.4 is 9.47 Å². The summed E-state index contributed by atoms with van der Waals surface area (Å²) in [5, 5.41) is 0. The van der Waals surface area contributed by atoms with Crippen LogP contribution in [0.15, 0.2) is 36.4 Å². The third kappa shape index (κ3) is 5.71. The van der Waals surface area contributed by atoms with Crippen LogP contribution in [0.4, 0.5) is 17.6 Å². The summed E-state index contributed by atoms with van der Waals surface area (Å²) in [6.07, 6.45) is 1.10. The van der Waals surface area contributed by atoms with Crippen molar-refractivity contribution in [1.29, 1.82) is 0 Å². The maximum Gasteiger partial charge on any atom is 0.270 e. The molecule has 0 N–H and O–H groups in total. The third-order valence-corrected chi connectivity index (χ3v) is 4.08. The van der Waals surface area contributed by atoms with Crippen molar-refractivity contribution in [3.8, 4) is 11.5 Å².